The first-order valence-corrected chi connectivity index (χ1v) is 8.54. The van der Waals surface area contributed by atoms with E-state index < -0.39 is 0 Å². The Morgan fingerprint density at radius 2 is 2.08 bits per heavy atom. The van der Waals surface area contributed by atoms with Crippen molar-refractivity contribution in [2.45, 2.75) is 19.1 Å². The van der Waals surface area contributed by atoms with Crippen LogP contribution < -0.4 is 10.1 Å². The van der Waals surface area contributed by atoms with Crippen LogP contribution in [0.3, 0.4) is 0 Å². The minimum absolute atomic E-state index is 0.0810. The van der Waals surface area contributed by atoms with Gasteiger partial charge in [0.2, 0.25) is 5.88 Å². The molecule has 1 N–H and O–H groups in total. The van der Waals surface area contributed by atoms with E-state index in [-0.39, 0.29) is 18.2 Å². The number of benzene rings is 1. The van der Waals surface area contributed by atoms with Crippen molar-refractivity contribution >= 4 is 6.03 Å². The third-order valence-electron chi connectivity index (χ3n) is 4.12. The van der Waals surface area contributed by atoms with Crippen LogP contribution in [0, 0.1) is 0 Å². The topological polar surface area (TPSA) is 63.7 Å². The Hall–Kier alpha value is -2.60. The highest BCUT2D eigenvalue weighted by molar-refractivity contribution is 5.75. The lowest BCUT2D eigenvalue weighted by Gasteiger charge is -2.41. The van der Waals surface area contributed by atoms with Crippen LogP contribution in [0.5, 0.6) is 5.88 Å². The van der Waals surface area contributed by atoms with Gasteiger partial charge < -0.3 is 19.7 Å². The summed E-state index contributed by atoms with van der Waals surface area (Å²) in [6, 6.07) is 15.2. The van der Waals surface area contributed by atoms with E-state index >= 15 is 0 Å². The van der Waals surface area contributed by atoms with Gasteiger partial charge in [0.15, 0.2) is 0 Å². The summed E-state index contributed by atoms with van der Waals surface area (Å²) in [5, 5.41) is 2.89. The second-order valence-electron chi connectivity index (χ2n) is 5.77. The largest absolute Gasteiger partial charge is 0.475 e. The second-order valence-corrected chi connectivity index (χ2v) is 5.77. The van der Waals surface area contributed by atoms with Gasteiger partial charge in [-0.15, -0.1) is 0 Å². The van der Waals surface area contributed by atoms with Crippen molar-refractivity contribution in [3.05, 3.63) is 60.3 Å². The molecule has 25 heavy (non-hydrogen) atoms. The molecule has 1 aliphatic rings. The van der Waals surface area contributed by atoms with Crippen molar-refractivity contribution in [3.63, 3.8) is 0 Å². The summed E-state index contributed by atoms with van der Waals surface area (Å²) in [6.45, 7) is 3.86. The molecule has 1 saturated heterocycles. The van der Waals surface area contributed by atoms with Crippen molar-refractivity contribution in [2.24, 2.45) is 0 Å². The average molecular weight is 341 g/mol. The molecular weight excluding hydrogens is 318 g/mol. The smallest absolute Gasteiger partial charge is 0.318 e. The molecule has 0 aliphatic carbocycles. The predicted molar refractivity (Wildman–Crippen MR) is 94.4 cm³/mol. The van der Waals surface area contributed by atoms with Crippen LogP contribution in [0.2, 0.25) is 0 Å². The summed E-state index contributed by atoms with van der Waals surface area (Å²) in [4.78, 5) is 18.5. The van der Waals surface area contributed by atoms with Gasteiger partial charge in [-0.3, -0.25) is 0 Å². The van der Waals surface area contributed by atoms with Gasteiger partial charge in [0.05, 0.1) is 12.6 Å². The molecule has 1 aliphatic heterocycles. The number of hydrogen-bond donors (Lipinski definition) is 1. The number of carbonyl (C=O) groups excluding carboxylic acids is 1. The first kappa shape index (κ1) is 17.2. The maximum atomic E-state index is 12.5. The van der Waals surface area contributed by atoms with Crippen molar-refractivity contribution in [1.29, 1.82) is 0 Å². The highest BCUT2D eigenvalue weighted by atomic mass is 16.5. The van der Waals surface area contributed by atoms with Gasteiger partial charge in [-0.1, -0.05) is 36.4 Å². The third-order valence-corrected chi connectivity index (χ3v) is 4.12. The zero-order chi connectivity index (χ0) is 17.5. The molecule has 3 rings (SSSR count). The van der Waals surface area contributed by atoms with Crippen LogP contribution in [0.4, 0.5) is 4.79 Å². The fourth-order valence-corrected chi connectivity index (χ4v) is 3.00. The number of nitrogens with one attached hydrogen (secondary N) is 1. The van der Waals surface area contributed by atoms with Gasteiger partial charge in [0, 0.05) is 25.4 Å². The number of pyridine rings is 1. The molecule has 0 spiro atoms. The van der Waals surface area contributed by atoms with E-state index in [0.717, 1.165) is 5.56 Å². The Morgan fingerprint density at radius 1 is 1.28 bits per heavy atom. The van der Waals surface area contributed by atoms with E-state index in [1.807, 2.05) is 60.4 Å². The predicted octanol–water partition coefficient (Wildman–Crippen LogP) is 2.63. The molecule has 1 fully saturated rings. The number of nitrogens with zero attached hydrogens (tertiary/aromatic N) is 2. The summed E-state index contributed by atoms with van der Waals surface area (Å²) >= 11 is 0. The zero-order valence-electron chi connectivity index (χ0n) is 14.3. The Balaban J connectivity index is 1.80. The minimum Gasteiger partial charge on any atom is -0.475 e. The third kappa shape index (κ3) is 4.28. The number of urea groups is 1. The fraction of sp³-hybridized carbons (Fsp3) is 0.368. The molecule has 0 saturated carbocycles. The maximum Gasteiger partial charge on any atom is 0.318 e. The van der Waals surface area contributed by atoms with Crippen LogP contribution in [0.15, 0.2) is 54.7 Å². The van der Waals surface area contributed by atoms with Gasteiger partial charge in [0.1, 0.15) is 12.7 Å². The van der Waals surface area contributed by atoms with Crippen LogP contribution in [-0.2, 0) is 4.74 Å². The summed E-state index contributed by atoms with van der Waals surface area (Å²) in [6.07, 6.45) is 1.42. The van der Waals surface area contributed by atoms with Crippen LogP contribution in [-0.4, -0.2) is 48.3 Å². The lowest BCUT2D eigenvalue weighted by Crippen LogP contribution is -2.53. The number of carbonyl (C=O) groups is 1. The number of morpholine rings is 1. The highest BCUT2D eigenvalue weighted by Gasteiger charge is 2.36. The zero-order valence-corrected chi connectivity index (χ0v) is 14.3. The van der Waals surface area contributed by atoms with E-state index in [9.17, 15) is 4.79 Å². The number of amides is 2. The number of aromatic nitrogens is 1. The minimum atomic E-state index is -0.263. The van der Waals surface area contributed by atoms with Crippen molar-refractivity contribution < 1.29 is 14.3 Å². The molecule has 1 aromatic heterocycles. The molecule has 2 atom stereocenters. The summed E-state index contributed by atoms with van der Waals surface area (Å²) in [5.74, 6) is 0.549. The van der Waals surface area contributed by atoms with E-state index in [0.29, 0.717) is 32.2 Å². The van der Waals surface area contributed by atoms with Gasteiger partial charge in [-0.2, -0.15) is 0 Å². The molecule has 6 heteroatoms. The molecule has 2 aromatic rings. The summed E-state index contributed by atoms with van der Waals surface area (Å²) in [7, 11) is 0. The van der Waals surface area contributed by atoms with Crippen molar-refractivity contribution in [3.8, 4) is 5.88 Å². The quantitative estimate of drug-likeness (QED) is 0.908. The van der Waals surface area contributed by atoms with Crippen LogP contribution in [0.25, 0.3) is 0 Å². The Morgan fingerprint density at radius 3 is 2.80 bits per heavy atom. The molecule has 132 valence electrons. The Kier molecular flexibility index (Phi) is 5.85. The Labute approximate surface area is 147 Å². The monoisotopic (exact) mass is 341 g/mol. The molecule has 0 radical (unpaired) electrons. The highest BCUT2D eigenvalue weighted by Crippen LogP contribution is 2.30. The molecule has 0 bridgehead atoms. The van der Waals surface area contributed by atoms with E-state index in [1.165, 1.54) is 0 Å². The second kappa shape index (κ2) is 8.48. The fourth-order valence-electron chi connectivity index (χ4n) is 3.00. The number of rotatable bonds is 5. The molecule has 2 amide bonds. The van der Waals surface area contributed by atoms with Gasteiger partial charge in [0.25, 0.3) is 0 Å². The van der Waals surface area contributed by atoms with Crippen LogP contribution >= 0.6 is 0 Å². The van der Waals surface area contributed by atoms with Crippen molar-refractivity contribution in [2.75, 3.05) is 26.3 Å². The first-order valence-electron chi connectivity index (χ1n) is 8.54. The Bertz CT molecular complexity index is 666. The summed E-state index contributed by atoms with van der Waals surface area (Å²) < 4.78 is 11.7. The SMILES string of the molecule is CCNC(=O)N1CCO[C@@H](COc2ccccn2)[C@@H]1c1ccccc1. The molecule has 1 aromatic carbocycles. The molecule has 0 unspecified atom stereocenters. The molecule has 2 heterocycles. The first-order chi connectivity index (χ1) is 12.3. The van der Waals surface area contributed by atoms with Gasteiger partial charge in [-0.25, -0.2) is 9.78 Å². The average Bonchev–Trinajstić information content (AvgIpc) is 2.67. The van der Waals surface area contributed by atoms with E-state index in [2.05, 4.69) is 10.3 Å². The lowest BCUT2D eigenvalue weighted by molar-refractivity contribution is -0.0737. The number of ether oxygens (including phenoxy) is 2. The van der Waals surface area contributed by atoms with E-state index in [1.54, 1.807) is 6.20 Å². The normalized spacial score (nSPS) is 20.1. The van der Waals surface area contributed by atoms with E-state index in [4.69, 9.17) is 9.47 Å². The maximum absolute atomic E-state index is 12.5. The van der Waals surface area contributed by atoms with Crippen molar-refractivity contribution in [1.82, 2.24) is 15.2 Å². The number of hydrogen-bond acceptors (Lipinski definition) is 4. The molecule has 6 nitrogen and oxygen atoms in total. The molecular formula is C19H23N3O3. The summed E-state index contributed by atoms with van der Waals surface area (Å²) in [5.41, 5.74) is 1.03. The van der Waals surface area contributed by atoms with Gasteiger partial charge >= 0.3 is 6.03 Å². The standard InChI is InChI=1S/C19H23N3O3/c1-2-20-19(23)22-12-13-24-16(14-25-17-10-6-7-11-21-17)18(22)15-8-4-3-5-9-15/h3-11,16,18H,2,12-14H2,1H3,(H,20,23)/t16-,18-/m0/s1. The van der Waals surface area contributed by atoms with Gasteiger partial charge in [-0.05, 0) is 18.6 Å². The van der Waals surface area contributed by atoms with Crippen LogP contribution in [0.1, 0.15) is 18.5 Å². The lowest BCUT2D eigenvalue weighted by atomic mass is 9.98.